The van der Waals surface area contributed by atoms with Crippen molar-refractivity contribution < 1.29 is 19.1 Å². The summed E-state index contributed by atoms with van der Waals surface area (Å²) in [5.74, 6) is 1.89. The molecule has 0 saturated carbocycles. The van der Waals surface area contributed by atoms with Crippen LogP contribution >= 0.6 is 15.9 Å². The minimum atomic E-state index is -0.623. The molecule has 4 aromatic rings. The lowest BCUT2D eigenvalue weighted by molar-refractivity contribution is 0.0635. The maximum absolute atomic E-state index is 12.1. The van der Waals surface area contributed by atoms with Crippen molar-refractivity contribution in [2.75, 3.05) is 5.32 Å². The van der Waals surface area contributed by atoms with E-state index >= 15 is 0 Å². The molecule has 0 atom stereocenters. The Labute approximate surface area is 227 Å². The van der Waals surface area contributed by atoms with Crippen LogP contribution in [0.25, 0.3) is 0 Å². The van der Waals surface area contributed by atoms with Crippen molar-refractivity contribution in [3.05, 3.63) is 88.3 Å². The number of aromatic nitrogens is 5. The third-order valence-corrected chi connectivity index (χ3v) is 5.30. The summed E-state index contributed by atoms with van der Waals surface area (Å²) < 4.78 is 13.8. The number of nitrogens with zero attached hydrogens (tertiary/aromatic N) is 6. The van der Waals surface area contributed by atoms with Gasteiger partial charge in [0, 0.05) is 11.5 Å². The van der Waals surface area contributed by atoms with Crippen LogP contribution in [-0.4, -0.2) is 42.6 Å². The molecule has 0 radical (unpaired) electrons. The van der Waals surface area contributed by atoms with Crippen molar-refractivity contribution in [3.8, 4) is 11.5 Å². The Bertz CT molecular complexity index is 1450. The normalized spacial score (nSPS) is 11.7. The van der Waals surface area contributed by atoms with Crippen LogP contribution in [0, 0.1) is 0 Å². The molecule has 0 aliphatic heterocycles. The van der Waals surface area contributed by atoms with Gasteiger partial charge in [-0.2, -0.15) is 0 Å². The fourth-order valence-corrected chi connectivity index (χ4v) is 3.63. The molecule has 11 nitrogen and oxygen atoms in total. The average Bonchev–Trinajstić information content (AvgIpc) is 3.27. The molecule has 0 aliphatic rings. The van der Waals surface area contributed by atoms with Crippen LogP contribution in [0.1, 0.15) is 37.9 Å². The molecule has 0 aliphatic carbocycles. The summed E-state index contributed by atoms with van der Waals surface area (Å²) >= 11 is 3.46. The van der Waals surface area contributed by atoms with E-state index in [0.29, 0.717) is 40.1 Å². The van der Waals surface area contributed by atoms with Crippen molar-refractivity contribution in [2.24, 2.45) is 12.2 Å². The fourth-order valence-electron chi connectivity index (χ4n) is 3.25. The van der Waals surface area contributed by atoms with E-state index < -0.39 is 11.7 Å². The number of hydrogen-bond donors (Lipinski definition) is 1. The molecule has 0 spiro atoms. The standard InChI is InChI=1S/C26H26BrN7O4/c1-26(2,3)38-25(35)29-22-14-8-10-18(28-22)16-36-31-23(24-30-32-33-34(24)4)20-12-5-6-13-21(20)37-19-11-7-9-17(27)15-19/h5-15H,16H2,1-4H3,(H,28,29,35)/b31-23-. The van der Waals surface area contributed by atoms with Gasteiger partial charge in [-0.1, -0.05) is 45.4 Å². The number of hydrogen-bond acceptors (Lipinski definition) is 9. The van der Waals surface area contributed by atoms with Gasteiger partial charge in [-0.05, 0) is 73.7 Å². The SMILES string of the molecule is Cn1nnnc1/C(=N\OCc1cccc(NC(=O)OC(C)(C)C)n1)c1ccccc1Oc1cccc(Br)c1. The van der Waals surface area contributed by atoms with Crippen LogP contribution in [0.5, 0.6) is 11.5 Å². The maximum atomic E-state index is 12.1. The molecule has 0 fully saturated rings. The number of ether oxygens (including phenoxy) is 2. The second kappa shape index (κ2) is 11.8. The molecule has 4 rings (SSSR count). The summed E-state index contributed by atoms with van der Waals surface area (Å²) in [6.45, 7) is 5.38. The molecule has 0 saturated heterocycles. The first-order valence-electron chi connectivity index (χ1n) is 11.6. The predicted octanol–water partition coefficient (Wildman–Crippen LogP) is 5.48. The maximum Gasteiger partial charge on any atom is 0.413 e. The molecule has 1 amide bonds. The summed E-state index contributed by atoms with van der Waals surface area (Å²) in [5.41, 5.74) is 0.906. The highest BCUT2D eigenvalue weighted by atomic mass is 79.9. The Morgan fingerprint density at radius 3 is 2.61 bits per heavy atom. The van der Waals surface area contributed by atoms with Gasteiger partial charge in [-0.3, -0.25) is 5.32 Å². The van der Waals surface area contributed by atoms with E-state index in [1.165, 1.54) is 4.68 Å². The molecule has 2 aromatic heterocycles. The van der Waals surface area contributed by atoms with Crippen molar-refractivity contribution in [2.45, 2.75) is 33.0 Å². The highest BCUT2D eigenvalue weighted by Gasteiger charge is 2.20. The number of anilines is 1. The van der Waals surface area contributed by atoms with Crippen molar-refractivity contribution in [1.29, 1.82) is 0 Å². The van der Waals surface area contributed by atoms with Gasteiger partial charge in [0.05, 0.1) is 11.3 Å². The summed E-state index contributed by atoms with van der Waals surface area (Å²) in [5, 5.41) is 18.8. The zero-order chi connectivity index (χ0) is 27.1. The van der Waals surface area contributed by atoms with E-state index in [1.54, 1.807) is 46.0 Å². The second-order valence-corrected chi connectivity index (χ2v) is 9.95. The Kier molecular flexibility index (Phi) is 8.31. The van der Waals surface area contributed by atoms with Gasteiger partial charge in [0.15, 0.2) is 12.3 Å². The van der Waals surface area contributed by atoms with Gasteiger partial charge in [0.25, 0.3) is 0 Å². The first kappa shape index (κ1) is 26.7. The lowest BCUT2D eigenvalue weighted by Crippen LogP contribution is -2.27. The van der Waals surface area contributed by atoms with E-state index in [0.717, 1.165) is 4.47 Å². The Hall–Kier alpha value is -4.32. The lowest BCUT2D eigenvalue weighted by atomic mass is 10.1. The largest absolute Gasteiger partial charge is 0.457 e. The first-order chi connectivity index (χ1) is 18.2. The molecule has 38 heavy (non-hydrogen) atoms. The van der Waals surface area contributed by atoms with E-state index in [1.807, 2.05) is 48.5 Å². The monoisotopic (exact) mass is 579 g/mol. The van der Waals surface area contributed by atoms with Crippen LogP contribution in [0.15, 0.2) is 76.4 Å². The van der Waals surface area contributed by atoms with E-state index in [4.69, 9.17) is 14.3 Å². The molecule has 2 aromatic carbocycles. The number of benzene rings is 2. The third kappa shape index (κ3) is 7.35. The number of halogens is 1. The van der Waals surface area contributed by atoms with Gasteiger partial charge in [-0.15, -0.1) is 5.10 Å². The number of aryl methyl sites for hydroxylation is 1. The van der Waals surface area contributed by atoms with Gasteiger partial charge in [0.2, 0.25) is 5.82 Å². The summed E-state index contributed by atoms with van der Waals surface area (Å²) in [6.07, 6.45) is -0.597. The van der Waals surface area contributed by atoms with Crippen molar-refractivity contribution in [3.63, 3.8) is 0 Å². The quantitative estimate of drug-likeness (QED) is 0.215. The number of oxime groups is 1. The smallest absolute Gasteiger partial charge is 0.413 e. The number of rotatable bonds is 8. The molecular weight excluding hydrogens is 554 g/mol. The van der Waals surface area contributed by atoms with Gasteiger partial charge in [-0.25, -0.2) is 14.5 Å². The summed E-state index contributed by atoms with van der Waals surface area (Å²) in [4.78, 5) is 22.2. The number of carbonyl (C=O) groups excluding carboxylic acids is 1. The van der Waals surface area contributed by atoms with Crippen LogP contribution in [0.2, 0.25) is 0 Å². The molecule has 0 unspecified atom stereocenters. The zero-order valence-corrected chi connectivity index (χ0v) is 22.8. The van der Waals surface area contributed by atoms with Gasteiger partial charge < -0.3 is 14.3 Å². The number of pyridine rings is 1. The topological polar surface area (TPSA) is 126 Å². The summed E-state index contributed by atoms with van der Waals surface area (Å²) in [7, 11) is 1.70. The zero-order valence-electron chi connectivity index (χ0n) is 21.3. The molecule has 1 N–H and O–H groups in total. The van der Waals surface area contributed by atoms with E-state index in [9.17, 15) is 4.79 Å². The molecular formula is C26H26BrN7O4. The molecule has 12 heteroatoms. The number of para-hydroxylation sites is 1. The number of nitrogens with one attached hydrogen (secondary N) is 1. The fraction of sp³-hybridized carbons (Fsp3) is 0.231. The third-order valence-electron chi connectivity index (χ3n) is 4.80. The highest BCUT2D eigenvalue weighted by molar-refractivity contribution is 9.10. The van der Waals surface area contributed by atoms with E-state index in [2.05, 4.69) is 46.9 Å². The Morgan fingerprint density at radius 1 is 1.08 bits per heavy atom. The summed E-state index contributed by atoms with van der Waals surface area (Å²) in [6, 6.07) is 20.0. The van der Waals surface area contributed by atoms with Crippen molar-refractivity contribution >= 4 is 33.6 Å². The predicted molar refractivity (Wildman–Crippen MR) is 144 cm³/mol. The Balaban J connectivity index is 1.57. The average molecular weight is 580 g/mol. The van der Waals surface area contributed by atoms with Crippen LogP contribution in [0.4, 0.5) is 10.6 Å². The van der Waals surface area contributed by atoms with Crippen LogP contribution in [0.3, 0.4) is 0 Å². The Morgan fingerprint density at radius 2 is 1.87 bits per heavy atom. The van der Waals surface area contributed by atoms with Gasteiger partial charge >= 0.3 is 6.09 Å². The second-order valence-electron chi connectivity index (χ2n) is 9.04. The molecule has 2 heterocycles. The minimum Gasteiger partial charge on any atom is -0.457 e. The number of amides is 1. The number of tetrazole rings is 1. The van der Waals surface area contributed by atoms with Crippen molar-refractivity contribution in [1.82, 2.24) is 25.2 Å². The minimum absolute atomic E-state index is 0.0211. The van der Waals surface area contributed by atoms with Crippen LogP contribution in [-0.2, 0) is 23.2 Å². The molecule has 0 bridgehead atoms. The lowest BCUT2D eigenvalue weighted by Gasteiger charge is -2.19. The molecule has 196 valence electrons. The number of carbonyl (C=O) groups is 1. The van der Waals surface area contributed by atoms with Gasteiger partial charge in [0.1, 0.15) is 22.9 Å². The highest BCUT2D eigenvalue weighted by Crippen LogP contribution is 2.29. The first-order valence-corrected chi connectivity index (χ1v) is 12.4. The van der Waals surface area contributed by atoms with Crippen LogP contribution < -0.4 is 10.1 Å². The van der Waals surface area contributed by atoms with E-state index in [-0.39, 0.29) is 6.61 Å².